The predicted octanol–water partition coefficient (Wildman–Crippen LogP) is -3.79. The molecule has 1 aromatic rings. The first-order valence-electron chi connectivity index (χ1n) is 11.7. The Kier molecular flexibility index (Phi) is 13.4. The molecule has 1 aromatic heterocycles. The molecule has 0 aromatic carbocycles. The predicted molar refractivity (Wildman–Crippen MR) is 133 cm³/mol. The van der Waals surface area contributed by atoms with Crippen LogP contribution in [0.5, 0.6) is 0 Å². The van der Waals surface area contributed by atoms with Gasteiger partial charge in [-0.25, -0.2) is 9.78 Å². The van der Waals surface area contributed by atoms with Crippen molar-refractivity contribution in [2.75, 3.05) is 6.54 Å². The first kappa shape index (κ1) is 32.3. The van der Waals surface area contributed by atoms with E-state index in [1.165, 1.54) is 12.5 Å². The number of hydrogen-bond donors (Lipinski definition) is 10. The van der Waals surface area contributed by atoms with Crippen molar-refractivity contribution in [1.29, 1.82) is 0 Å². The number of carbonyl (C=O) groups excluding carboxylic acids is 3. The molecule has 4 atom stereocenters. The van der Waals surface area contributed by atoms with E-state index in [1.54, 1.807) is 0 Å². The van der Waals surface area contributed by atoms with Crippen LogP contribution >= 0.6 is 0 Å². The fourth-order valence-corrected chi connectivity index (χ4v) is 3.21. The zero-order chi connectivity index (χ0) is 29.5. The summed E-state index contributed by atoms with van der Waals surface area (Å²) in [4.78, 5) is 82.1. The van der Waals surface area contributed by atoms with Crippen LogP contribution in [0.1, 0.15) is 37.8 Å². The minimum atomic E-state index is -1.78. The lowest BCUT2D eigenvalue weighted by atomic mass is 10.1. The average Bonchev–Trinajstić information content (AvgIpc) is 3.35. The second-order valence-corrected chi connectivity index (χ2v) is 8.39. The van der Waals surface area contributed by atoms with Crippen molar-refractivity contribution in [3.05, 3.63) is 18.2 Å². The molecule has 39 heavy (non-hydrogen) atoms. The Bertz CT molecular complexity index is 1040. The van der Waals surface area contributed by atoms with Crippen molar-refractivity contribution in [3.63, 3.8) is 0 Å². The van der Waals surface area contributed by atoms with E-state index in [0.29, 0.717) is 5.69 Å². The molecule has 0 spiro atoms. The monoisotopic (exact) mass is 555 g/mol. The molecule has 3 amide bonds. The number of guanidine groups is 1. The number of carbonyl (C=O) groups is 6. The van der Waals surface area contributed by atoms with Gasteiger partial charge in [-0.1, -0.05) is 0 Å². The van der Waals surface area contributed by atoms with E-state index in [0.717, 1.165) is 0 Å². The third kappa shape index (κ3) is 12.9. The quantitative estimate of drug-likeness (QED) is 0.0472. The minimum Gasteiger partial charge on any atom is -0.481 e. The van der Waals surface area contributed by atoms with Crippen LogP contribution in [0.15, 0.2) is 17.5 Å². The van der Waals surface area contributed by atoms with Gasteiger partial charge in [0, 0.05) is 31.3 Å². The summed E-state index contributed by atoms with van der Waals surface area (Å²) in [6.45, 7) is 0.0617. The third-order valence-electron chi connectivity index (χ3n) is 5.19. The van der Waals surface area contributed by atoms with E-state index >= 15 is 0 Å². The van der Waals surface area contributed by atoms with Crippen molar-refractivity contribution in [2.24, 2.45) is 22.2 Å². The Balaban J connectivity index is 3.10. The lowest BCUT2D eigenvalue weighted by Crippen LogP contribution is -2.57. The van der Waals surface area contributed by atoms with Gasteiger partial charge in [0.05, 0.1) is 18.8 Å². The molecule has 4 unspecified atom stereocenters. The van der Waals surface area contributed by atoms with Crippen LogP contribution in [0.2, 0.25) is 0 Å². The number of nitrogens with two attached hydrogens (primary N) is 3. The molecular weight excluding hydrogens is 522 g/mol. The molecule has 0 saturated heterocycles. The summed E-state index contributed by atoms with van der Waals surface area (Å²) in [5, 5.41) is 33.9. The third-order valence-corrected chi connectivity index (χ3v) is 5.19. The highest BCUT2D eigenvalue weighted by atomic mass is 16.4. The van der Waals surface area contributed by atoms with Crippen molar-refractivity contribution in [3.8, 4) is 0 Å². The topological polar surface area (TPSA) is 318 Å². The highest BCUT2D eigenvalue weighted by Crippen LogP contribution is 2.06. The Labute approximate surface area is 221 Å². The van der Waals surface area contributed by atoms with Gasteiger partial charge >= 0.3 is 17.9 Å². The largest absolute Gasteiger partial charge is 0.481 e. The summed E-state index contributed by atoms with van der Waals surface area (Å²) in [6.07, 6.45) is 1.17. The van der Waals surface area contributed by atoms with Gasteiger partial charge in [0.15, 0.2) is 5.96 Å². The number of H-pyrrole nitrogens is 1. The van der Waals surface area contributed by atoms with Gasteiger partial charge in [-0.3, -0.25) is 29.0 Å². The Morgan fingerprint density at radius 3 is 2.05 bits per heavy atom. The molecule has 1 heterocycles. The smallest absolute Gasteiger partial charge is 0.326 e. The van der Waals surface area contributed by atoms with Gasteiger partial charge < -0.3 is 53.5 Å². The van der Waals surface area contributed by atoms with E-state index in [1.807, 2.05) is 0 Å². The Morgan fingerprint density at radius 2 is 1.51 bits per heavy atom. The molecule has 0 aliphatic carbocycles. The summed E-state index contributed by atoms with van der Waals surface area (Å²) in [7, 11) is 0. The summed E-state index contributed by atoms with van der Waals surface area (Å²) < 4.78 is 0. The van der Waals surface area contributed by atoms with Crippen molar-refractivity contribution < 1.29 is 44.1 Å². The number of rotatable bonds is 18. The SMILES string of the molecule is NC(N)=NCCCC(NC(=O)C(Cc1cnc[nH]1)NC(=O)C(N)CCC(=O)O)C(=O)NC(CC(=O)O)C(=O)O. The van der Waals surface area contributed by atoms with E-state index in [9.17, 15) is 33.9 Å². The number of carboxylic acid groups (broad SMARTS) is 3. The number of carboxylic acids is 3. The fraction of sp³-hybridized carbons (Fsp3) is 0.524. The summed E-state index contributed by atoms with van der Waals surface area (Å²) in [5.74, 6) is -7.14. The first-order valence-corrected chi connectivity index (χ1v) is 11.7. The van der Waals surface area contributed by atoms with E-state index in [-0.39, 0.29) is 44.6 Å². The number of nitrogens with one attached hydrogen (secondary N) is 4. The zero-order valence-electron chi connectivity index (χ0n) is 20.8. The van der Waals surface area contributed by atoms with Crippen LogP contribution in [-0.2, 0) is 35.2 Å². The van der Waals surface area contributed by atoms with Crippen LogP contribution in [0.3, 0.4) is 0 Å². The second kappa shape index (κ2) is 16.2. The molecule has 13 N–H and O–H groups in total. The number of hydrogen-bond acceptors (Lipinski definition) is 9. The number of aliphatic carboxylic acids is 3. The maximum atomic E-state index is 13.2. The highest BCUT2D eigenvalue weighted by molar-refractivity contribution is 5.94. The van der Waals surface area contributed by atoms with Crippen molar-refractivity contribution in [2.45, 2.75) is 62.7 Å². The summed E-state index contributed by atoms with van der Waals surface area (Å²) in [6, 6.07) is -5.70. The Morgan fingerprint density at radius 1 is 0.897 bits per heavy atom. The van der Waals surface area contributed by atoms with Crippen LogP contribution in [-0.4, -0.2) is 97.6 Å². The minimum absolute atomic E-state index is 0.0617. The molecule has 216 valence electrons. The molecule has 0 aliphatic rings. The van der Waals surface area contributed by atoms with Gasteiger partial charge in [0.25, 0.3) is 0 Å². The summed E-state index contributed by atoms with van der Waals surface area (Å²) in [5.41, 5.74) is 16.7. The molecule has 18 nitrogen and oxygen atoms in total. The maximum absolute atomic E-state index is 13.2. The van der Waals surface area contributed by atoms with E-state index < -0.39 is 66.2 Å². The number of amides is 3. The van der Waals surface area contributed by atoms with Crippen LogP contribution in [0.4, 0.5) is 0 Å². The Hall–Kier alpha value is -4.74. The van der Waals surface area contributed by atoms with Crippen LogP contribution in [0.25, 0.3) is 0 Å². The number of nitrogens with zero attached hydrogens (tertiary/aromatic N) is 2. The van der Waals surface area contributed by atoms with Gasteiger partial charge in [0.1, 0.15) is 18.1 Å². The fourth-order valence-electron chi connectivity index (χ4n) is 3.21. The molecule has 18 heteroatoms. The van der Waals surface area contributed by atoms with Gasteiger partial charge in [0.2, 0.25) is 17.7 Å². The van der Waals surface area contributed by atoms with Gasteiger partial charge in [-0.2, -0.15) is 0 Å². The lowest BCUT2D eigenvalue weighted by Gasteiger charge is -2.25. The molecule has 0 radical (unpaired) electrons. The van der Waals surface area contributed by atoms with Crippen molar-refractivity contribution in [1.82, 2.24) is 25.9 Å². The molecule has 0 saturated carbocycles. The normalized spacial score (nSPS) is 13.7. The lowest BCUT2D eigenvalue weighted by molar-refractivity contribution is -0.147. The maximum Gasteiger partial charge on any atom is 0.326 e. The highest BCUT2D eigenvalue weighted by Gasteiger charge is 2.31. The van der Waals surface area contributed by atoms with Crippen molar-refractivity contribution >= 4 is 41.6 Å². The molecule has 0 bridgehead atoms. The number of aliphatic imine (C=N–C) groups is 1. The first-order chi connectivity index (χ1) is 18.3. The second-order valence-electron chi connectivity index (χ2n) is 8.39. The summed E-state index contributed by atoms with van der Waals surface area (Å²) >= 11 is 0. The molecule has 0 fully saturated rings. The zero-order valence-corrected chi connectivity index (χ0v) is 20.8. The van der Waals surface area contributed by atoms with E-state index in [2.05, 4.69) is 30.9 Å². The van der Waals surface area contributed by atoms with Gasteiger partial charge in [-0.15, -0.1) is 0 Å². The average molecular weight is 556 g/mol. The molecular formula is C21H33N9O9. The molecule has 0 aliphatic heterocycles. The van der Waals surface area contributed by atoms with Gasteiger partial charge in [-0.05, 0) is 19.3 Å². The number of aromatic nitrogens is 2. The number of imidazole rings is 1. The van der Waals surface area contributed by atoms with Crippen LogP contribution < -0.4 is 33.2 Å². The number of aromatic amines is 1. The van der Waals surface area contributed by atoms with E-state index in [4.69, 9.17) is 27.4 Å². The van der Waals surface area contributed by atoms with Crippen LogP contribution in [0, 0.1) is 0 Å². The molecule has 1 rings (SSSR count). The standard InChI is InChI=1S/C21H33N9O9/c22-11(3-4-15(31)32)17(35)29-13(6-10-8-25-9-27-10)19(37)28-12(2-1-5-26-21(23)24)18(36)30-14(20(38)39)7-16(33)34/h8-9,11-14H,1-7,22H2,(H,25,27)(H,28,37)(H,29,35)(H,30,36)(H,31,32)(H,33,34)(H,38,39)(H4,23,24,26).